The summed E-state index contributed by atoms with van der Waals surface area (Å²) in [4.78, 5) is 11.5. The van der Waals surface area contributed by atoms with E-state index in [9.17, 15) is 15.3 Å². The fourth-order valence-electron chi connectivity index (χ4n) is 2.14. The van der Waals surface area contributed by atoms with E-state index in [0.29, 0.717) is 0 Å². The summed E-state index contributed by atoms with van der Waals surface area (Å²) in [5, 5.41) is 38.2. The second-order valence-electron chi connectivity index (χ2n) is 4.25. The summed E-state index contributed by atoms with van der Waals surface area (Å²) in [6.07, 6.45) is -1.79. The molecule has 19 heavy (non-hydrogen) atoms. The van der Waals surface area contributed by atoms with Gasteiger partial charge in [-0.15, -0.1) is 0 Å². The number of aliphatic hydroxyl groups excluding tert-OH is 3. The van der Waals surface area contributed by atoms with Crippen molar-refractivity contribution in [2.45, 2.75) is 24.5 Å². The molecule has 0 amide bonds. The standard InChI is InChI=1S/C10H12N4O5/c15-1-4-6(16)7(17)10(19-4)14-3-13-5-8(14)11-2-12-9(5)18/h2-4,6-7,10,15-17H,1H2,(H,11,12,18)/t4-,6-,7+,10?/m1/s1. The Hall–Kier alpha value is -1.81. The summed E-state index contributed by atoms with van der Waals surface area (Å²) < 4.78 is 6.73. The SMILES string of the molecule is OC[C@H]1OC(n2cnc3c(O)ncnc32)[C@@H](O)[C@@H]1O. The number of hydrogen-bond donors (Lipinski definition) is 4. The lowest BCUT2D eigenvalue weighted by atomic mass is 10.1. The van der Waals surface area contributed by atoms with Crippen molar-refractivity contribution < 1.29 is 25.2 Å². The van der Waals surface area contributed by atoms with Crippen LogP contribution in [0.15, 0.2) is 12.7 Å². The van der Waals surface area contributed by atoms with Crippen LogP contribution in [0.1, 0.15) is 6.23 Å². The Balaban J connectivity index is 2.04. The van der Waals surface area contributed by atoms with Gasteiger partial charge in [0.25, 0.3) is 0 Å². The van der Waals surface area contributed by atoms with Gasteiger partial charge in [0.1, 0.15) is 24.6 Å². The van der Waals surface area contributed by atoms with E-state index >= 15 is 0 Å². The zero-order chi connectivity index (χ0) is 13.6. The predicted octanol–water partition coefficient (Wildman–Crippen LogP) is -1.86. The number of ether oxygens (including phenoxy) is 1. The van der Waals surface area contributed by atoms with Crippen LogP contribution >= 0.6 is 0 Å². The van der Waals surface area contributed by atoms with E-state index in [1.165, 1.54) is 10.9 Å². The molecule has 4 N–H and O–H groups in total. The molecule has 4 atom stereocenters. The number of rotatable bonds is 2. The summed E-state index contributed by atoms with van der Waals surface area (Å²) in [6.45, 7) is -0.415. The molecule has 1 aliphatic heterocycles. The lowest BCUT2D eigenvalue weighted by molar-refractivity contribution is -0.0511. The number of aromatic nitrogens is 4. The van der Waals surface area contributed by atoms with Crippen LogP contribution in [0, 0.1) is 0 Å². The highest BCUT2D eigenvalue weighted by atomic mass is 16.6. The predicted molar refractivity (Wildman–Crippen MR) is 60.0 cm³/mol. The van der Waals surface area contributed by atoms with Gasteiger partial charge in [0.15, 0.2) is 17.4 Å². The van der Waals surface area contributed by atoms with E-state index in [1.807, 2.05) is 0 Å². The molecular formula is C10H12N4O5. The van der Waals surface area contributed by atoms with Crippen LogP contribution in [0.5, 0.6) is 5.88 Å². The summed E-state index contributed by atoms with van der Waals surface area (Å²) in [5.74, 6) is -0.282. The molecule has 3 heterocycles. The maximum absolute atomic E-state index is 9.92. The molecule has 1 saturated heterocycles. The van der Waals surface area contributed by atoms with Gasteiger partial charge < -0.3 is 25.2 Å². The highest BCUT2D eigenvalue weighted by Crippen LogP contribution is 2.32. The molecule has 1 aliphatic rings. The first-order valence-electron chi connectivity index (χ1n) is 5.62. The maximum Gasteiger partial charge on any atom is 0.242 e. The average molecular weight is 268 g/mol. The fourth-order valence-corrected chi connectivity index (χ4v) is 2.14. The van der Waals surface area contributed by atoms with Crippen molar-refractivity contribution in [3.05, 3.63) is 12.7 Å². The van der Waals surface area contributed by atoms with Gasteiger partial charge in [-0.2, -0.15) is 4.98 Å². The quantitative estimate of drug-likeness (QED) is 0.498. The van der Waals surface area contributed by atoms with Crippen molar-refractivity contribution in [1.82, 2.24) is 19.5 Å². The molecule has 2 aromatic heterocycles. The first kappa shape index (κ1) is 12.2. The van der Waals surface area contributed by atoms with Crippen LogP contribution in [0.25, 0.3) is 11.2 Å². The van der Waals surface area contributed by atoms with Gasteiger partial charge >= 0.3 is 0 Å². The van der Waals surface area contributed by atoms with Crippen LogP contribution in [0.4, 0.5) is 0 Å². The Morgan fingerprint density at radius 2 is 2.00 bits per heavy atom. The Morgan fingerprint density at radius 1 is 1.21 bits per heavy atom. The van der Waals surface area contributed by atoms with E-state index in [1.54, 1.807) is 0 Å². The first-order chi connectivity index (χ1) is 9.13. The van der Waals surface area contributed by atoms with E-state index < -0.39 is 31.1 Å². The number of aromatic hydroxyl groups is 1. The van der Waals surface area contributed by atoms with Crippen molar-refractivity contribution in [1.29, 1.82) is 0 Å². The van der Waals surface area contributed by atoms with Crippen molar-refractivity contribution in [3.63, 3.8) is 0 Å². The molecule has 1 fully saturated rings. The van der Waals surface area contributed by atoms with Gasteiger partial charge in [0.2, 0.25) is 5.88 Å². The number of fused-ring (bicyclic) bond motifs is 1. The van der Waals surface area contributed by atoms with Crippen molar-refractivity contribution in [2.75, 3.05) is 6.61 Å². The van der Waals surface area contributed by atoms with Gasteiger partial charge in [-0.05, 0) is 0 Å². The highest BCUT2D eigenvalue weighted by molar-refractivity contribution is 5.75. The third-order valence-electron chi connectivity index (χ3n) is 3.13. The number of hydrogen-bond acceptors (Lipinski definition) is 8. The molecule has 2 aromatic rings. The maximum atomic E-state index is 9.92. The Morgan fingerprint density at radius 3 is 2.68 bits per heavy atom. The van der Waals surface area contributed by atoms with Gasteiger partial charge in [-0.25, -0.2) is 9.97 Å². The van der Waals surface area contributed by atoms with Crippen molar-refractivity contribution in [3.8, 4) is 5.88 Å². The number of imidazole rings is 1. The normalized spacial score (nSPS) is 31.1. The molecule has 0 bridgehead atoms. The van der Waals surface area contributed by atoms with Crippen molar-refractivity contribution in [2.24, 2.45) is 0 Å². The summed E-state index contributed by atoms with van der Waals surface area (Å²) in [5.41, 5.74) is 0.433. The molecule has 0 radical (unpaired) electrons. The number of nitrogens with zero attached hydrogens (tertiary/aromatic N) is 4. The van der Waals surface area contributed by atoms with Gasteiger partial charge in [0, 0.05) is 0 Å². The van der Waals surface area contributed by atoms with Crippen LogP contribution < -0.4 is 0 Å². The summed E-state index contributed by atoms with van der Waals surface area (Å²) in [7, 11) is 0. The molecule has 102 valence electrons. The van der Waals surface area contributed by atoms with E-state index in [0.717, 1.165) is 6.33 Å². The Kier molecular flexibility index (Phi) is 2.82. The molecule has 0 aromatic carbocycles. The zero-order valence-corrected chi connectivity index (χ0v) is 9.66. The number of aliphatic hydroxyl groups is 3. The van der Waals surface area contributed by atoms with Crippen LogP contribution in [0.3, 0.4) is 0 Å². The monoisotopic (exact) mass is 268 g/mol. The van der Waals surface area contributed by atoms with E-state index in [2.05, 4.69) is 15.0 Å². The molecular weight excluding hydrogens is 256 g/mol. The van der Waals surface area contributed by atoms with E-state index in [4.69, 9.17) is 9.84 Å². The molecule has 0 aliphatic carbocycles. The van der Waals surface area contributed by atoms with E-state index in [-0.39, 0.29) is 17.0 Å². The molecule has 9 heteroatoms. The average Bonchev–Trinajstić information content (AvgIpc) is 2.94. The van der Waals surface area contributed by atoms with Crippen LogP contribution in [-0.4, -0.2) is 64.9 Å². The van der Waals surface area contributed by atoms with Gasteiger partial charge in [-0.3, -0.25) is 4.57 Å². The lowest BCUT2D eigenvalue weighted by Gasteiger charge is -2.16. The second kappa shape index (κ2) is 4.38. The van der Waals surface area contributed by atoms with Crippen LogP contribution in [0.2, 0.25) is 0 Å². The lowest BCUT2D eigenvalue weighted by Crippen LogP contribution is -2.33. The highest BCUT2D eigenvalue weighted by Gasteiger charge is 2.43. The zero-order valence-electron chi connectivity index (χ0n) is 9.66. The fraction of sp³-hybridized carbons (Fsp3) is 0.500. The largest absolute Gasteiger partial charge is 0.492 e. The Bertz CT molecular complexity index is 603. The minimum absolute atomic E-state index is 0.167. The Labute approximate surface area is 106 Å². The summed E-state index contributed by atoms with van der Waals surface area (Å²) in [6, 6.07) is 0. The summed E-state index contributed by atoms with van der Waals surface area (Å²) >= 11 is 0. The topological polar surface area (TPSA) is 134 Å². The van der Waals surface area contributed by atoms with Gasteiger partial charge in [-0.1, -0.05) is 0 Å². The third kappa shape index (κ3) is 1.75. The minimum atomic E-state index is -1.23. The third-order valence-corrected chi connectivity index (χ3v) is 3.13. The molecule has 1 unspecified atom stereocenters. The first-order valence-corrected chi connectivity index (χ1v) is 5.62. The molecule has 0 saturated carbocycles. The van der Waals surface area contributed by atoms with Crippen molar-refractivity contribution >= 4 is 11.2 Å². The molecule has 3 rings (SSSR count). The second-order valence-corrected chi connectivity index (χ2v) is 4.25. The minimum Gasteiger partial charge on any atom is -0.492 e. The smallest absolute Gasteiger partial charge is 0.242 e. The molecule has 9 nitrogen and oxygen atoms in total. The van der Waals surface area contributed by atoms with Crippen LogP contribution in [-0.2, 0) is 4.74 Å². The molecule has 0 spiro atoms. The van der Waals surface area contributed by atoms with Gasteiger partial charge in [0.05, 0.1) is 12.9 Å².